The molecule has 0 saturated carbocycles. The summed E-state index contributed by atoms with van der Waals surface area (Å²) in [6.45, 7) is 0.407. The monoisotopic (exact) mass is 211 g/mol. The van der Waals surface area contributed by atoms with Gasteiger partial charge in [0.05, 0.1) is 13.2 Å². The van der Waals surface area contributed by atoms with Crippen molar-refractivity contribution >= 4 is 5.97 Å². The van der Waals surface area contributed by atoms with Gasteiger partial charge in [-0.1, -0.05) is 0 Å². The number of morpholine rings is 1. The van der Waals surface area contributed by atoms with Crippen LogP contribution in [-0.4, -0.2) is 37.1 Å². The van der Waals surface area contributed by atoms with Gasteiger partial charge in [0.15, 0.2) is 0 Å². The van der Waals surface area contributed by atoms with E-state index in [0.29, 0.717) is 0 Å². The van der Waals surface area contributed by atoms with E-state index in [4.69, 9.17) is 4.74 Å². The van der Waals surface area contributed by atoms with Crippen LogP contribution in [0.15, 0.2) is 0 Å². The molecule has 4 nitrogen and oxygen atoms in total. The Morgan fingerprint density at radius 3 is 2.64 bits per heavy atom. The van der Waals surface area contributed by atoms with Crippen molar-refractivity contribution < 1.29 is 27.4 Å². The lowest BCUT2D eigenvalue weighted by molar-refractivity contribution is -0.248. The van der Waals surface area contributed by atoms with Crippen molar-refractivity contribution in [3.8, 4) is 0 Å². The van der Waals surface area contributed by atoms with Gasteiger partial charge < -0.3 is 14.8 Å². The second kappa shape index (κ2) is 2.83. The largest absolute Gasteiger partial charge is 0.491 e. The fourth-order valence-corrected chi connectivity index (χ4v) is 1.63. The molecule has 0 amide bonds. The van der Waals surface area contributed by atoms with Gasteiger partial charge in [0, 0.05) is 12.5 Å². The van der Waals surface area contributed by atoms with Crippen LogP contribution in [-0.2, 0) is 14.3 Å². The van der Waals surface area contributed by atoms with Gasteiger partial charge in [-0.3, -0.25) is 0 Å². The van der Waals surface area contributed by atoms with Crippen molar-refractivity contribution in [3.63, 3.8) is 0 Å². The van der Waals surface area contributed by atoms with Crippen molar-refractivity contribution in [3.05, 3.63) is 0 Å². The zero-order valence-electron chi connectivity index (χ0n) is 7.06. The molecule has 2 aliphatic rings. The average Bonchev–Trinajstić information content (AvgIpc) is 2.61. The molecule has 0 aliphatic carbocycles. The summed E-state index contributed by atoms with van der Waals surface area (Å²) in [5, 5.41) is 2.88. The first-order valence-corrected chi connectivity index (χ1v) is 4.09. The highest BCUT2D eigenvalue weighted by atomic mass is 19.4. The third-order valence-corrected chi connectivity index (χ3v) is 2.28. The number of alkyl halides is 3. The van der Waals surface area contributed by atoms with E-state index in [-0.39, 0.29) is 25.6 Å². The summed E-state index contributed by atoms with van der Waals surface area (Å²) in [4.78, 5) is 10.5. The van der Waals surface area contributed by atoms with E-state index in [9.17, 15) is 18.0 Å². The number of hydrogen-bond acceptors (Lipinski definition) is 4. The van der Waals surface area contributed by atoms with E-state index in [2.05, 4.69) is 10.1 Å². The molecule has 7 heteroatoms. The smallest absolute Gasteiger partial charge is 0.425 e. The predicted molar refractivity (Wildman–Crippen MR) is 37.2 cm³/mol. The maximum absolute atomic E-state index is 11.9. The Labute approximate surface area is 77.4 Å². The lowest BCUT2D eigenvalue weighted by Crippen LogP contribution is -2.45. The normalized spacial score (nSPS) is 36.1. The van der Waals surface area contributed by atoms with Crippen LogP contribution >= 0.6 is 0 Å². The molecule has 2 rings (SSSR count). The number of hydrogen-bond donors (Lipinski definition) is 1. The number of halogens is 3. The minimum atomic E-state index is -4.96. The molecule has 0 aromatic rings. The summed E-state index contributed by atoms with van der Waals surface area (Å²) in [6.07, 6.45) is -4.67. The average molecular weight is 211 g/mol. The van der Waals surface area contributed by atoms with Crippen LogP contribution < -0.4 is 5.32 Å². The van der Waals surface area contributed by atoms with E-state index in [1.165, 1.54) is 0 Å². The van der Waals surface area contributed by atoms with Crippen LogP contribution in [0.3, 0.4) is 0 Å². The van der Waals surface area contributed by atoms with E-state index >= 15 is 0 Å². The minimum absolute atomic E-state index is 0.00367. The minimum Gasteiger partial charge on any atom is -0.425 e. The van der Waals surface area contributed by atoms with Gasteiger partial charge in [0.25, 0.3) is 0 Å². The molecule has 0 aromatic carbocycles. The molecule has 2 aliphatic heterocycles. The Morgan fingerprint density at radius 2 is 2.29 bits per heavy atom. The van der Waals surface area contributed by atoms with Gasteiger partial charge in [-0.05, 0) is 0 Å². The fraction of sp³-hybridized carbons (Fsp3) is 0.857. The molecule has 0 spiro atoms. The van der Waals surface area contributed by atoms with Crippen LogP contribution in [0.5, 0.6) is 0 Å². The third-order valence-electron chi connectivity index (χ3n) is 2.28. The maximum Gasteiger partial charge on any atom is 0.491 e. The van der Waals surface area contributed by atoms with Gasteiger partial charge in [0.2, 0.25) is 5.79 Å². The number of ether oxygens (including phenoxy) is 2. The lowest BCUT2D eigenvalue weighted by atomic mass is 10.2. The molecule has 0 radical (unpaired) electrons. The van der Waals surface area contributed by atoms with Crippen molar-refractivity contribution in [2.75, 3.05) is 13.2 Å². The Balaban J connectivity index is 2.01. The first-order valence-electron chi connectivity index (χ1n) is 4.09. The predicted octanol–water partition coefficient (Wildman–Crippen LogP) is 0.180. The highest BCUT2D eigenvalue weighted by molar-refractivity contribution is 5.76. The molecular formula is C7H8F3NO3. The summed E-state index contributed by atoms with van der Waals surface area (Å²) in [5.74, 6) is -3.58. The van der Waals surface area contributed by atoms with E-state index in [1.54, 1.807) is 0 Å². The number of carbonyl (C=O) groups is 1. The number of esters is 1. The third kappa shape index (κ3) is 1.57. The van der Waals surface area contributed by atoms with Gasteiger partial charge in [0.1, 0.15) is 0 Å². The second-order valence-electron chi connectivity index (χ2n) is 3.39. The number of nitrogens with one attached hydrogen (secondary N) is 1. The van der Waals surface area contributed by atoms with Crippen molar-refractivity contribution in [1.82, 2.24) is 5.32 Å². The first kappa shape index (κ1) is 9.72. The van der Waals surface area contributed by atoms with Crippen LogP contribution in [0, 0.1) is 0 Å². The molecule has 2 bridgehead atoms. The second-order valence-corrected chi connectivity index (χ2v) is 3.39. The molecule has 2 fully saturated rings. The van der Waals surface area contributed by atoms with Crippen LogP contribution in [0.4, 0.5) is 13.2 Å². The molecule has 0 aromatic heterocycles. The standard InChI is InChI=1S/C7H8F3NO3/c8-7(9,10)5(12)14-6-1-4(2-13-6)11-3-6/h4,11H,1-3H2. The van der Waals surface area contributed by atoms with Crippen molar-refractivity contribution in [2.45, 2.75) is 24.4 Å². The zero-order chi connectivity index (χ0) is 10.4. The topological polar surface area (TPSA) is 47.6 Å². The Morgan fingerprint density at radius 1 is 1.57 bits per heavy atom. The van der Waals surface area contributed by atoms with E-state index < -0.39 is 17.9 Å². The molecule has 2 atom stereocenters. The van der Waals surface area contributed by atoms with Gasteiger partial charge in [-0.25, -0.2) is 4.79 Å². The molecule has 80 valence electrons. The summed E-state index contributed by atoms with van der Waals surface area (Å²) >= 11 is 0. The van der Waals surface area contributed by atoms with Gasteiger partial charge >= 0.3 is 12.1 Å². The van der Waals surface area contributed by atoms with Crippen molar-refractivity contribution in [2.24, 2.45) is 0 Å². The molecular weight excluding hydrogens is 203 g/mol. The highest BCUT2D eigenvalue weighted by Gasteiger charge is 2.53. The molecule has 2 heterocycles. The summed E-state index contributed by atoms with van der Waals surface area (Å²) < 4.78 is 44.9. The van der Waals surface area contributed by atoms with E-state index in [1.807, 2.05) is 0 Å². The van der Waals surface area contributed by atoms with Crippen LogP contribution in [0.2, 0.25) is 0 Å². The first-order chi connectivity index (χ1) is 6.41. The Kier molecular flexibility index (Phi) is 1.97. The summed E-state index contributed by atoms with van der Waals surface area (Å²) in [6, 6.07) is -0.00367. The molecule has 14 heavy (non-hydrogen) atoms. The maximum atomic E-state index is 11.9. The molecule has 2 saturated heterocycles. The summed E-state index contributed by atoms with van der Waals surface area (Å²) in [5.41, 5.74) is 0. The quantitative estimate of drug-likeness (QED) is 0.628. The number of carbonyl (C=O) groups excluding carboxylic acids is 1. The molecule has 1 N–H and O–H groups in total. The fourth-order valence-electron chi connectivity index (χ4n) is 1.63. The Bertz CT molecular complexity index is 257. The number of rotatable bonds is 1. The Hall–Kier alpha value is -0.820. The SMILES string of the molecule is O=C(OC12CNC(CO1)C2)C(F)(F)F. The summed E-state index contributed by atoms with van der Waals surface area (Å²) in [7, 11) is 0. The van der Waals surface area contributed by atoms with Gasteiger partial charge in [-0.2, -0.15) is 13.2 Å². The molecule has 2 unspecified atom stereocenters. The zero-order valence-corrected chi connectivity index (χ0v) is 7.06. The lowest BCUT2D eigenvalue weighted by Gasteiger charge is -2.26. The van der Waals surface area contributed by atoms with Crippen LogP contribution in [0.1, 0.15) is 6.42 Å². The number of fused-ring (bicyclic) bond motifs is 2. The van der Waals surface area contributed by atoms with Crippen molar-refractivity contribution in [1.29, 1.82) is 0 Å². The van der Waals surface area contributed by atoms with Gasteiger partial charge in [-0.15, -0.1) is 0 Å². The highest BCUT2D eigenvalue weighted by Crippen LogP contribution is 2.34. The van der Waals surface area contributed by atoms with Crippen LogP contribution in [0.25, 0.3) is 0 Å². The van der Waals surface area contributed by atoms with E-state index in [0.717, 1.165) is 0 Å².